The van der Waals surface area contributed by atoms with Crippen molar-refractivity contribution in [1.82, 2.24) is 4.90 Å². The average molecular weight is 199 g/mol. The summed E-state index contributed by atoms with van der Waals surface area (Å²) in [4.78, 5) is 13.5. The Morgan fingerprint density at radius 3 is 2.00 bits per heavy atom. The number of rotatable bonds is 7. The largest absolute Gasteiger partial charge is 0.298 e. The van der Waals surface area contributed by atoms with E-state index >= 15 is 0 Å². The van der Waals surface area contributed by atoms with Gasteiger partial charge >= 0.3 is 0 Å². The van der Waals surface area contributed by atoms with Crippen molar-refractivity contribution in [3.05, 3.63) is 0 Å². The lowest BCUT2D eigenvalue weighted by Gasteiger charge is -2.29. The fourth-order valence-electron chi connectivity index (χ4n) is 1.70. The zero-order chi connectivity index (χ0) is 11.1. The molecule has 1 unspecified atom stereocenters. The zero-order valence-electron chi connectivity index (χ0n) is 10.3. The molecular weight excluding hydrogens is 174 g/mol. The van der Waals surface area contributed by atoms with Crippen LogP contribution in [0.5, 0.6) is 0 Å². The van der Waals surface area contributed by atoms with Gasteiger partial charge in [-0.25, -0.2) is 0 Å². The smallest absolute Gasteiger partial charge is 0.146 e. The van der Waals surface area contributed by atoms with E-state index in [4.69, 9.17) is 0 Å². The predicted octanol–water partition coefficient (Wildman–Crippen LogP) is 2.72. The van der Waals surface area contributed by atoms with Crippen LogP contribution in [-0.2, 0) is 4.79 Å². The summed E-state index contributed by atoms with van der Waals surface area (Å²) in [6, 6.07) is 0.0839. The van der Waals surface area contributed by atoms with Gasteiger partial charge in [-0.1, -0.05) is 33.6 Å². The second-order valence-corrected chi connectivity index (χ2v) is 4.06. The third kappa shape index (κ3) is 4.23. The molecule has 2 nitrogen and oxygen atoms in total. The second-order valence-electron chi connectivity index (χ2n) is 4.06. The Morgan fingerprint density at radius 1 is 1.21 bits per heavy atom. The topological polar surface area (TPSA) is 20.3 Å². The first-order valence-corrected chi connectivity index (χ1v) is 5.81. The molecule has 0 aromatic carbocycles. The highest BCUT2D eigenvalue weighted by atomic mass is 16.1. The third-order valence-electron chi connectivity index (χ3n) is 3.19. The Labute approximate surface area is 88.7 Å². The van der Waals surface area contributed by atoms with Crippen molar-refractivity contribution >= 4 is 5.78 Å². The summed E-state index contributed by atoms with van der Waals surface area (Å²) in [7, 11) is 0. The Balaban J connectivity index is 4.19. The number of hydrogen-bond acceptors (Lipinski definition) is 2. The summed E-state index contributed by atoms with van der Waals surface area (Å²) < 4.78 is 0. The van der Waals surface area contributed by atoms with Crippen LogP contribution in [0, 0.1) is 5.92 Å². The SMILES string of the molecule is CCC(CC)CN(CC)C(C)C(C)=O. The van der Waals surface area contributed by atoms with Crippen LogP contribution in [0.4, 0.5) is 0 Å². The molecule has 84 valence electrons. The fourth-order valence-corrected chi connectivity index (χ4v) is 1.70. The molecular formula is C12H25NO. The van der Waals surface area contributed by atoms with Crippen molar-refractivity contribution in [2.45, 2.75) is 53.5 Å². The summed E-state index contributed by atoms with van der Waals surface area (Å²) in [5.41, 5.74) is 0. The lowest BCUT2D eigenvalue weighted by molar-refractivity contribution is -0.121. The number of ketones is 1. The first kappa shape index (κ1) is 13.6. The van der Waals surface area contributed by atoms with Crippen LogP contribution in [0.25, 0.3) is 0 Å². The van der Waals surface area contributed by atoms with Gasteiger partial charge in [0.25, 0.3) is 0 Å². The maximum absolute atomic E-state index is 11.3. The highest BCUT2D eigenvalue weighted by molar-refractivity contribution is 5.80. The van der Waals surface area contributed by atoms with Gasteiger partial charge in [-0.15, -0.1) is 0 Å². The summed E-state index contributed by atoms with van der Waals surface area (Å²) in [6.07, 6.45) is 2.41. The molecule has 0 spiro atoms. The van der Waals surface area contributed by atoms with Crippen molar-refractivity contribution in [1.29, 1.82) is 0 Å². The Kier molecular flexibility index (Phi) is 6.81. The van der Waals surface area contributed by atoms with E-state index in [2.05, 4.69) is 25.7 Å². The van der Waals surface area contributed by atoms with Crippen molar-refractivity contribution < 1.29 is 4.79 Å². The van der Waals surface area contributed by atoms with Gasteiger partial charge in [0.1, 0.15) is 5.78 Å². The van der Waals surface area contributed by atoms with Crippen LogP contribution < -0.4 is 0 Å². The van der Waals surface area contributed by atoms with Gasteiger partial charge in [0, 0.05) is 6.54 Å². The van der Waals surface area contributed by atoms with Gasteiger partial charge in [0.05, 0.1) is 6.04 Å². The highest BCUT2D eigenvalue weighted by Crippen LogP contribution is 2.12. The Hall–Kier alpha value is -0.370. The van der Waals surface area contributed by atoms with Crippen LogP contribution in [-0.4, -0.2) is 29.8 Å². The average Bonchev–Trinajstić information content (AvgIpc) is 2.19. The number of carbonyl (C=O) groups excluding carboxylic acids is 1. The van der Waals surface area contributed by atoms with Crippen molar-refractivity contribution in [3.63, 3.8) is 0 Å². The molecule has 0 N–H and O–H groups in total. The maximum atomic E-state index is 11.3. The molecule has 2 heteroatoms. The molecule has 0 saturated carbocycles. The van der Waals surface area contributed by atoms with Crippen molar-refractivity contribution in [2.75, 3.05) is 13.1 Å². The molecule has 0 rings (SSSR count). The molecule has 0 aliphatic carbocycles. The molecule has 0 heterocycles. The number of hydrogen-bond donors (Lipinski definition) is 0. The van der Waals surface area contributed by atoms with Crippen LogP contribution in [0.2, 0.25) is 0 Å². The summed E-state index contributed by atoms with van der Waals surface area (Å²) in [6.45, 7) is 12.3. The number of Topliss-reactive ketones (excluding diaryl/α,β-unsaturated/α-hetero) is 1. The van der Waals surface area contributed by atoms with Crippen LogP contribution in [0.3, 0.4) is 0 Å². The minimum Gasteiger partial charge on any atom is -0.298 e. The molecule has 0 aromatic heterocycles. The molecule has 0 bridgehead atoms. The Bertz CT molecular complexity index is 164. The van der Waals surface area contributed by atoms with Gasteiger partial charge in [-0.2, -0.15) is 0 Å². The van der Waals surface area contributed by atoms with E-state index in [1.54, 1.807) is 6.92 Å². The van der Waals surface area contributed by atoms with Crippen LogP contribution in [0.15, 0.2) is 0 Å². The first-order valence-electron chi connectivity index (χ1n) is 5.81. The third-order valence-corrected chi connectivity index (χ3v) is 3.19. The highest BCUT2D eigenvalue weighted by Gasteiger charge is 2.18. The standard InChI is InChI=1S/C12H25NO/c1-6-12(7-2)9-13(8-3)10(4)11(5)14/h10,12H,6-9H2,1-5H3. The molecule has 0 aliphatic heterocycles. The maximum Gasteiger partial charge on any atom is 0.146 e. The minimum absolute atomic E-state index is 0.0839. The van der Waals surface area contributed by atoms with E-state index in [9.17, 15) is 4.79 Å². The van der Waals surface area contributed by atoms with E-state index in [1.807, 2.05) is 6.92 Å². The summed E-state index contributed by atoms with van der Waals surface area (Å²) in [5, 5.41) is 0. The van der Waals surface area contributed by atoms with Gasteiger partial charge < -0.3 is 0 Å². The monoisotopic (exact) mass is 199 g/mol. The van der Waals surface area contributed by atoms with Gasteiger partial charge in [-0.05, 0) is 26.3 Å². The van der Waals surface area contributed by atoms with Crippen LogP contribution >= 0.6 is 0 Å². The van der Waals surface area contributed by atoms with E-state index in [1.165, 1.54) is 12.8 Å². The fraction of sp³-hybridized carbons (Fsp3) is 0.917. The minimum atomic E-state index is 0.0839. The lowest BCUT2D eigenvalue weighted by Crippen LogP contribution is -2.40. The predicted molar refractivity (Wildman–Crippen MR) is 61.5 cm³/mol. The number of likely N-dealkylation sites (N-methyl/N-ethyl adjacent to an activating group) is 1. The van der Waals surface area contributed by atoms with E-state index in [-0.39, 0.29) is 11.8 Å². The van der Waals surface area contributed by atoms with Gasteiger partial charge in [0.15, 0.2) is 0 Å². The van der Waals surface area contributed by atoms with Gasteiger partial charge in [-0.3, -0.25) is 9.69 Å². The molecule has 0 saturated heterocycles. The molecule has 0 fully saturated rings. The molecule has 0 aliphatic rings. The number of carbonyl (C=O) groups is 1. The van der Waals surface area contributed by atoms with Gasteiger partial charge in [0.2, 0.25) is 0 Å². The quantitative estimate of drug-likeness (QED) is 0.628. The molecule has 1 atom stereocenters. The first-order chi connectivity index (χ1) is 6.56. The van der Waals surface area contributed by atoms with E-state index in [0.717, 1.165) is 19.0 Å². The number of nitrogens with zero attached hydrogens (tertiary/aromatic N) is 1. The van der Waals surface area contributed by atoms with Crippen molar-refractivity contribution in [3.8, 4) is 0 Å². The van der Waals surface area contributed by atoms with E-state index < -0.39 is 0 Å². The van der Waals surface area contributed by atoms with E-state index in [0.29, 0.717) is 0 Å². The Morgan fingerprint density at radius 2 is 1.71 bits per heavy atom. The normalized spacial score (nSPS) is 13.6. The second kappa shape index (κ2) is 6.99. The summed E-state index contributed by atoms with van der Waals surface area (Å²) >= 11 is 0. The molecule has 0 amide bonds. The summed E-state index contributed by atoms with van der Waals surface area (Å²) in [5.74, 6) is 1.01. The molecule has 0 radical (unpaired) electrons. The molecule has 0 aromatic rings. The molecule has 14 heavy (non-hydrogen) atoms. The van der Waals surface area contributed by atoms with Crippen molar-refractivity contribution in [2.24, 2.45) is 5.92 Å². The zero-order valence-corrected chi connectivity index (χ0v) is 10.3. The lowest BCUT2D eigenvalue weighted by atomic mass is 10.0. The van der Waals surface area contributed by atoms with Crippen LogP contribution in [0.1, 0.15) is 47.5 Å².